The van der Waals surface area contributed by atoms with Crippen LogP contribution in [-0.4, -0.2) is 43.2 Å². The summed E-state index contributed by atoms with van der Waals surface area (Å²) in [6.45, 7) is 2.63. The molecule has 125 valence electrons. The van der Waals surface area contributed by atoms with Crippen molar-refractivity contribution in [2.75, 3.05) is 6.54 Å². The van der Waals surface area contributed by atoms with E-state index < -0.39 is 9.96 Å². The Bertz CT molecular complexity index is 559. The Balaban J connectivity index is 2.70. The molecule has 2 N–H and O–H groups in total. The maximum absolute atomic E-state index is 12.0. The summed E-state index contributed by atoms with van der Waals surface area (Å²) in [5.41, 5.74) is 0.898. The predicted molar refractivity (Wildman–Crippen MR) is 99.2 cm³/mol. The van der Waals surface area contributed by atoms with Crippen molar-refractivity contribution >= 4 is 67.5 Å². The van der Waals surface area contributed by atoms with Crippen molar-refractivity contribution in [3.63, 3.8) is 0 Å². The van der Waals surface area contributed by atoms with Crippen LogP contribution in [0.5, 0.6) is 0 Å². The van der Waals surface area contributed by atoms with Gasteiger partial charge in [-0.1, -0.05) is 0 Å². The number of nitrogens with zero attached hydrogens (tertiary/aromatic N) is 1. The number of hydrogen-bond acceptors (Lipinski definition) is 2. The van der Waals surface area contributed by atoms with Crippen LogP contribution in [0.3, 0.4) is 0 Å². The molecule has 1 rings (SSSR count). The summed E-state index contributed by atoms with van der Waals surface area (Å²) < 4.78 is -1.26. The number of carbonyl (C=O) groups is 1. The molecule has 0 heterocycles. The first-order chi connectivity index (χ1) is 10.8. The monoisotopic (exact) mass is 440 g/mol. The SMILES string of the molecule is CCCN=C([Se])NC(NC(=O)/C=C/c1ccccc1)C(Cl)(Cl)Cl. The van der Waals surface area contributed by atoms with Crippen molar-refractivity contribution in [2.24, 2.45) is 4.99 Å². The third kappa shape index (κ3) is 8.63. The molecule has 1 unspecified atom stereocenters. The molecule has 0 bridgehead atoms. The Morgan fingerprint density at radius 1 is 1.30 bits per heavy atom. The molecule has 0 aliphatic heterocycles. The number of rotatable bonds is 6. The molecule has 0 aliphatic carbocycles. The second-order valence-electron chi connectivity index (χ2n) is 4.56. The topological polar surface area (TPSA) is 53.5 Å². The molecule has 0 aliphatic rings. The number of hydrogen-bond donors (Lipinski definition) is 2. The molecule has 1 aromatic carbocycles. The molecular weight excluding hydrogens is 424 g/mol. The van der Waals surface area contributed by atoms with Gasteiger partial charge in [-0.15, -0.1) is 0 Å². The molecule has 1 atom stereocenters. The van der Waals surface area contributed by atoms with Gasteiger partial charge in [0.05, 0.1) is 0 Å². The molecule has 23 heavy (non-hydrogen) atoms. The standard InChI is InChI=1S/C15H17Cl3N3OSe/c1-2-10-19-14(23)21-13(15(16,17)18)20-12(22)9-8-11-6-4-3-5-7-11/h3-9,13H,2,10H2,1H3,(H,19,21)(H,20,22)/b9-8+. The average molecular weight is 441 g/mol. The van der Waals surface area contributed by atoms with E-state index in [0.717, 1.165) is 12.0 Å². The van der Waals surface area contributed by atoms with Crippen molar-refractivity contribution in [2.45, 2.75) is 23.3 Å². The second kappa shape index (κ2) is 10.2. The molecule has 0 saturated carbocycles. The van der Waals surface area contributed by atoms with Crippen LogP contribution >= 0.6 is 34.8 Å². The van der Waals surface area contributed by atoms with E-state index in [0.29, 0.717) is 11.3 Å². The van der Waals surface area contributed by atoms with E-state index in [2.05, 4.69) is 31.6 Å². The maximum atomic E-state index is 12.0. The number of amidine groups is 1. The second-order valence-corrected chi connectivity index (χ2v) is 7.74. The minimum atomic E-state index is -1.73. The Kier molecular flexibility index (Phi) is 9.03. The molecule has 1 radical (unpaired) electrons. The Morgan fingerprint density at radius 3 is 2.52 bits per heavy atom. The van der Waals surface area contributed by atoms with Crippen LogP contribution in [0.15, 0.2) is 41.4 Å². The van der Waals surface area contributed by atoms with E-state index in [9.17, 15) is 4.79 Å². The minimum absolute atomic E-state index is 0.388. The molecule has 1 aromatic rings. The summed E-state index contributed by atoms with van der Waals surface area (Å²) in [5.74, 6) is -0.388. The first-order valence-electron chi connectivity index (χ1n) is 6.91. The number of carbonyl (C=O) groups excluding carboxylic acids is 1. The third-order valence-electron chi connectivity index (χ3n) is 2.59. The van der Waals surface area contributed by atoms with Gasteiger partial charge in [-0.05, 0) is 0 Å². The predicted octanol–water partition coefficient (Wildman–Crippen LogP) is 3.04. The molecular formula is C15H17Cl3N3OSe. The van der Waals surface area contributed by atoms with Gasteiger partial charge in [0.25, 0.3) is 0 Å². The van der Waals surface area contributed by atoms with Gasteiger partial charge in [0.15, 0.2) is 0 Å². The van der Waals surface area contributed by atoms with Crippen molar-refractivity contribution in [1.82, 2.24) is 10.6 Å². The van der Waals surface area contributed by atoms with Crippen LogP contribution in [0.1, 0.15) is 18.9 Å². The molecule has 4 nitrogen and oxygen atoms in total. The van der Waals surface area contributed by atoms with E-state index in [1.165, 1.54) is 6.08 Å². The number of alkyl halides is 3. The molecule has 0 saturated heterocycles. The Labute approximate surface area is 159 Å². The molecule has 8 heteroatoms. The fraction of sp³-hybridized carbons (Fsp3) is 0.333. The van der Waals surface area contributed by atoms with Crippen LogP contribution in [-0.2, 0) is 4.79 Å². The molecule has 0 aromatic heterocycles. The summed E-state index contributed by atoms with van der Waals surface area (Å²) >= 11 is 20.4. The average Bonchev–Trinajstić information content (AvgIpc) is 2.50. The van der Waals surface area contributed by atoms with Gasteiger partial charge < -0.3 is 0 Å². The van der Waals surface area contributed by atoms with Gasteiger partial charge in [-0.25, -0.2) is 0 Å². The summed E-state index contributed by atoms with van der Waals surface area (Å²) in [6, 6.07) is 9.42. The van der Waals surface area contributed by atoms with Crippen LogP contribution in [0, 0.1) is 0 Å². The zero-order valence-corrected chi connectivity index (χ0v) is 16.4. The van der Waals surface area contributed by atoms with Crippen LogP contribution < -0.4 is 10.6 Å². The van der Waals surface area contributed by atoms with Gasteiger partial charge >= 0.3 is 160 Å². The van der Waals surface area contributed by atoms with Gasteiger partial charge in [-0.2, -0.15) is 0 Å². The number of benzene rings is 1. The van der Waals surface area contributed by atoms with Crippen LogP contribution in [0.25, 0.3) is 6.08 Å². The van der Waals surface area contributed by atoms with E-state index in [1.54, 1.807) is 6.08 Å². The van der Waals surface area contributed by atoms with E-state index >= 15 is 0 Å². The zero-order valence-electron chi connectivity index (χ0n) is 12.4. The van der Waals surface area contributed by atoms with E-state index in [1.807, 2.05) is 37.3 Å². The molecule has 0 fully saturated rings. The van der Waals surface area contributed by atoms with Gasteiger partial charge in [-0.3, -0.25) is 0 Å². The summed E-state index contributed by atoms with van der Waals surface area (Å²) in [5, 5.41) is 5.45. The zero-order chi connectivity index (χ0) is 17.3. The normalized spacial score (nSPS) is 13.8. The first kappa shape index (κ1) is 20.3. The van der Waals surface area contributed by atoms with Crippen molar-refractivity contribution in [3.05, 3.63) is 42.0 Å². The fourth-order valence-corrected chi connectivity index (χ4v) is 2.27. The van der Waals surface area contributed by atoms with Crippen LogP contribution in [0.4, 0.5) is 0 Å². The summed E-state index contributed by atoms with van der Waals surface area (Å²) in [4.78, 5) is 16.2. The molecule has 0 spiro atoms. The van der Waals surface area contributed by atoms with Gasteiger partial charge in [0.1, 0.15) is 0 Å². The van der Waals surface area contributed by atoms with Gasteiger partial charge in [0, 0.05) is 0 Å². The Morgan fingerprint density at radius 2 is 1.96 bits per heavy atom. The number of amides is 1. The summed E-state index contributed by atoms with van der Waals surface area (Å²) in [6.07, 6.45) is 3.02. The number of halogens is 3. The number of aliphatic imine (C=N–C) groups is 1. The third-order valence-corrected chi connectivity index (χ3v) is 3.76. The van der Waals surface area contributed by atoms with Crippen molar-refractivity contribution in [3.8, 4) is 0 Å². The van der Waals surface area contributed by atoms with Gasteiger partial charge in [0.2, 0.25) is 0 Å². The van der Waals surface area contributed by atoms with Crippen molar-refractivity contribution < 1.29 is 4.79 Å². The quantitative estimate of drug-likeness (QED) is 0.178. The van der Waals surface area contributed by atoms with E-state index in [4.69, 9.17) is 34.8 Å². The fourth-order valence-electron chi connectivity index (χ4n) is 1.51. The number of nitrogens with one attached hydrogen (secondary N) is 2. The van der Waals surface area contributed by atoms with Crippen molar-refractivity contribution in [1.29, 1.82) is 0 Å². The van der Waals surface area contributed by atoms with Crippen LogP contribution in [0.2, 0.25) is 0 Å². The molecule has 1 amide bonds. The first-order valence-corrected chi connectivity index (χ1v) is 8.90. The summed E-state index contributed by atoms with van der Waals surface area (Å²) in [7, 11) is 0. The Hall–Kier alpha value is -0.711. The van der Waals surface area contributed by atoms with E-state index in [-0.39, 0.29) is 5.91 Å².